The smallest absolute Gasteiger partial charge is 0 e. The van der Waals surface area contributed by atoms with Gasteiger partial charge in [0.25, 0.3) is 0 Å². The van der Waals surface area contributed by atoms with Crippen molar-refractivity contribution in [3.8, 4) is 0 Å². The van der Waals surface area contributed by atoms with Crippen LogP contribution in [0.25, 0.3) is 0 Å². The van der Waals surface area contributed by atoms with Crippen molar-refractivity contribution in [3.63, 3.8) is 0 Å². The fourth-order valence-electron chi connectivity index (χ4n) is 8.08. The average Bonchev–Trinajstić information content (AvgIpc) is 3.01. The van der Waals surface area contributed by atoms with Gasteiger partial charge in [-0.3, -0.25) is 0 Å². The third-order valence-electron chi connectivity index (χ3n) is 9.98. The molecule has 0 saturated heterocycles. The Morgan fingerprint density at radius 2 is 0.523 bits per heavy atom. The van der Waals surface area contributed by atoms with Gasteiger partial charge in [0, 0.05) is 42.1 Å². The van der Waals surface area contributed by atoms with Gasteiger partial charge in [-0.2, -0.15) is 0 Å². The van der Waals surface area contributed by atoms with Crippen LogP contribution in [0.3, 0.4) is 0 Å². The van der Waals surface area contributed by atoms with Crippen LogP contribution < -0.4 is 10.6 Å². The van der Waals surface area contributed by atoms with Crippen LogP contribution in [0.15, 0.2) is 60.7 Å². The molecule has 2 aromatic rings. The normalized spacial score (nSPS) is 19.7. The molecule has 4 saturated carbocycles. The summed E-state index contributed by atoms with van der Waals surface area (Å²) in [4.78, 5) is 0. The fourth-order valence-corrected chi connectivity index (χ4v) is 15.7. The first-order chi connectivity index (χ1) is 18.9. The van der Waals surface area contributed by atoms with Crippen LogP contribution in [-0.2, 0) is 42.1 Å². The summed E-state index contributed by atoms with van der Waals surface area (Å²) in [6.07, 6.45) is 29.9. The van der Waals surface area contributed by atoms with Gasteiger partial charge in [-0.1, -0.05) is 154 Å². The minimum Gasteiger partial charge on any atom is -0.147 e. The summed E-state index contributed by atoms with van der Waals surface area (Å²) in [5.41, 5.74) is 4.15. The molecule has 0 bridgehead atoms. The molecule has 0 nitrogen and oxygen atoms in total. The zero-order chi connectivity index (χ0) is 25.8. The monoisotopic (exact) mass is 1080 g/mol. The van der Waals surface area contributed by atoms with Crippen LogP contribution >= 0.6 is 65.5 Å². The topological polar surface area (TPSA) is 0 Å². The second kappa shape index (κ2) is 27.6. The first kappa shape index (κ1) is 48.0. The van der Waals surface area contributed by atoms with Crippen molar-refractivity contribution in [3.05, 3.63) is 60.7 Å². The van der Waals surface area contributed by atoms with Crippen molar-refractivity contribution < 1.29 is 42.1 Å². The second-order valence-corrected chi connectivity index (χ2v) is 18.2. The molecule has 0 aromatic heterocycles. The molecule has 4 fully saturated rings. The van der Waals surface area contributed by atoms with Gasteiger partial charge in [-0.25, -0.2) is 0 Å². The minimum absolute atomic E-state index is 0. The fraction of sp³-hybridized carbons (Fsp3) is 0.667. The van der Waals surface area contributed by atoms with E-state index in [-0.39, 0.29) is 108 Å². The first-order valence-corrected chi connectivity index (χ1v) is 19.5. The van der Waals surface area contributed by atoms with Gasteiger partial charge in [0.1, 0.15) is 0 Å². The summed E-state index contributed by atoms with van der Waals surface area (Å²) in [6, 6.07) is 23.1. The summed E-state index contributed by atoms with van der Waals surface area (Å²) in [5, 5.41) is 3.41. The maximum absolute atomic E-state index is 2.43. The number of rotatable bonds is 6. The maximum atomic E-state index is 2.43. The molecule has 0 amide bonds. The van der Waals surface area contributed by atoms with E-state index in [1.54, 1.807) is 10.6 Å². The van der Waals surface area contributed by atoms with Crippen LogP contribution in [0.2, 0.25) is 0 Å². The first-order valence-electron chi connectivity index (χ1n) is 16.6. The summed E-state index contributed by atoms with van der Waals surface area (Å²) in [5.74, 6) is 0. The van der Waals surface area contributed by atoms with Crippen LogP contribution in [0.4, 0.5) is 0 Å². The minimum atomic E-state index is 0. The zero-order valence-electron chi connectivity index (χ0n) is 26.4. The van der Waals surface area contributed by atoms with Crippen molar-refractivity contribution in [2.24, 2.45) is 0 Å². The summed E-state index contributed by atoms with van der Waals surface area (Å²) < 4.78 is 0. The molecule has 0 radical (unpaired) electrons. The van der Waals surface area contributed by atoms with E-state index in [0.29, 0.717) is 0 Å². The van der Waals surface area contributed by atoms with Gasteiger partial charge in [0.15, 0.2) is 0 Å². The predicted octanol–water partition coefficient (Wildman–Crippen LogP) is 12.6. The van der Waals surface area contributed by atoms with E-state index in [1.165, 1.54) is 128 Å². The molecule has 4 aliphatic rings. The quantitative estimate of drug-likeness (QED) is 0.253. The third kappa shape index (κ3) is 14.8. The molecule has 0 N–H and O–H groups in total. The summed E-state index contributed by atoms with van der Waals surface area (Å²) in [6.45, 7) is 0. The Morgan fingerprint density at radius 3 is 0.727 bits per heavy atom. The molecule has 260 valence electrons. The van der Waals surface area contributed by atoms with Crippen molar-refractivity contribution in [1.82, 2.24) is 0 Å². The number of benzene rings is 2. The van der Waals surface area contributed by atoms with E-state index in [1.807, 2.05) is 0 Å². The Balaban J connectivity index is 0. The Morgan fingerprint density at radius 1 is 0.318 bits per heavy atom. The van der Waals surface area contributed by atoms with E-state index in [4.69, 9.17) is 0 Å². The van der Waals surface area contributed by atoms with E-state index in [0.717, 1.165) is 22.6 Å². The molecule has 0 unspecified atom stereocenters. The van der Waals surface area contributed by atoms with E-state index < -0.39 is 0 Å². The number of hydrogen-bond donors (Lipinski definition) is 0. The average molecular weight is 1080 g/mol. The van der Waals surface area contributed by atoms with Crippen LogP contribution in [0.5, 0.6) is 0 Å². The SMILES string of the molecule is Cl.Cl.Cl.Cl.[Pt].[Pt].c1ccc(P(C2CCCCC2)C2CCCCC2)cc1.c1ccc(P(C2CCCCC2)C2CCCCC2)cc1. The van der Waals surface area contributed by atoms with Crippen LogP contribution in [0, 0.1) is 0 Å². The van der Waals surface area contributed by atoms with Crippen LogP contribution in [-0.4, -0.2) is 22.6 Å². The molecule has 0 heterocycles. The Hall–Kier alpha value is 1.84. The van der Waals surface area contributed by atoms with Gasteiger partial charge < -0.3 is 0 Å². The molecule has 4 aliphatic carbocycles. The molecule has 44 heavy (non-hydrogen) atoms. The molecule has 8 heteroatoms. The van der Waals surface area contributed by atoms with Crippen molar-refractivity contribution >= 4 is 76.1 Å². The van der Waals surface area contributed by atoms with Gasteiger partial charge in [-0.15, -0.1) is 49.6 Å². The van der Waals surface area contributed by atoms with E-state index >= 15 is 0 Å². The molecular weight excluding hydrogens is 1030 g/mol. The second-order valence-electron chi connectivity index (χ2n) is 12.7. The zero-order valence-corrected chi connectivity index (χ0v) is 36.0. The largest absolute Gasteiger partial charge is 0.147 e. The molecule has 2 aromatic carbocycles. The Labute approximate surface area is 327 Å². The van der Waals surface area contributed by atoms with Crippen molar-refractivity contribution in [1.29, 1.82) is 0 Å². The molecular formula is C36H58Cl4P2Pt2. The summed E-state index contributed by atoms with van der Waals surface area (Å²) >= 11 is 0. The number of halogens is 4. The summed E-state index contributed by atoms with van der Waals surface area (Å²) in [7, 11) is 0.216. The Kier molecular flexibility index (Phi) is 30.1. The van der Waals surface area contributed by atoms with Crippen molar-refractivity contribution in [2.75, 3.05) is 0 Å². The van der Waals surface area contributed by atoms with E-state index in [2.05, 4.69) is 60.7 Å². The molecule has 0 spiro atoms. The van der Waals surface area contributed by atoms with Gasteiger partial charge in [0.2, 0.25) is 0 Å². The Bertz CT molecular complexity index is 791. The maximum Gasteiger partial charge on any atom is 0 e. The van der Waals surface area contributed by atoms with E-state index in [9.17, 15) is 0 Å². The predicted molar refractivity (Wildman–Crippen MR) is 202 cm³/mol. The third-order valence-corrected chi connectivity index (χ3v) is 17.0. The standard InChI is InChI=1S/2C18H27P.4ClH.2Pt/c2*1-4-10-16(11-5-1)19(17-12-6-2-7-13-17)18-14-8-3-9-15-18;;;;;;/h2*1,4-5,10-11,17-18H,2-3,6-9,12-15H2;4*1H;;. The van der Waals surface area contributed by atoms with Gasteiger partial charge in [0.05, 0.1) is 0 Å². The van der Waals surface area contributed by atoms with Crippen LogP contribution in [0.1, 0.15) is 128 Å². The van der Waals surface area contributed by atoms with Crippen molar-refractivity contribution in [2.45, 2.75) is 151 Å². The molecule has 6 rings (SSSR count). The molecule has 0 aliphatic heterocycles. The molecule has 0 atom stereocenters. The van der Waals surface area contributed by atoms with Gasteiger partial charge >= 0.3 is 0 Å². The van der Waals surface area contributed by atoms with Gasteiger partial charge in [-0.05, 0) is 84.6 Å². The number of hydrogen-bond acceptors (Lipinski definition) is 0.